The number of carbonyl (C=O) groups excluding carboxylic acids is 1. The number of alkyl halides is 1. The molecule has 0 spiro atoms. The molecule has 0 aromatic carbocycles. The summed E-state index contributed by atoms with van der Waals surface area (Å²) >= 11 is 13.1. The number of amides is 1. The van der Waals surface area contributed by atoms with Gasteiger partial charge in [-0.2, -0.15) is 0 Å². The standard InChI is InChI=1S/C10H11Cl2NOS/c11-6-10(3-1-4-10)13-9(14)8-7(12)2-5-15-8/h2,5H,1,3-4,6H2,(H,13,14). The molecule has 0 radical (unpaired) electrons. The van der Waals surface area contributed by atoms with Crippen molar-refractivity contribution in [2.45, 2.75) is 24.8 Å². The zero-order valence-corrected chi connectivity index (χ0v) is 10.4. The van der Waals surface area contributed by atoms with Crippen molar-refractivity contribution >= 4 is 40.4 Å². The number of thiophene rings is 1. The minimum absolute atomic E-state index is 0.102. The van der Waals surface area contributed by atoms with Crippen LogP contribution in [0.25, 0.3) is 0 Å². The Balaban J connectivity index is 2.07. The third kappa shape index (κ3) is 2.14. The Bertz CT molecular complexity index is 368. The molecule has 1 N–H and O–H groups in total. The van der Waals surface area contributed by atoms with E-state index in [1.165, 1.54) is 11.3 Å². The van der Waals surface area contributed by atoms with Gasteiger partial charge >= 0.3 is 0 Å². The van der Waals surface area contributed by atoms with Crippen molar-refractivity contribution in [2.75, 3.05) is 5.88 Å². The Kier molecular flexibility index (Phi) is 3.24. The molecule has 1 saturated carbocycles. The third-order valence-corrected chi connectivity index (χ3v) is 4.62. The third-order valence-electron chi connectivity index (χ3n) is 2.77. The molecule has 0 saturated heterocycles. The monoisotopic (exact) mass is 263 g/mol. The van der Waals surface area contributed by atoms with E-state index in [1.807, 2.05) is 5.38 Å². The van der Waals surface area contributed by atoms with Crippen LogP contribution in [0.1, 0.15) is 28.9 Å². The highest BCUT2D eigenvalue weighted by molar-refractivity contribution is 7.12. The molecule has 0 bridgehead atoms. The molecule has 1 aliphatic carbocycles. The highest BCUT2D eigenvalue weighted by atomic mass is 35.5. The molecule has 1 heterocycles. The van der Waals surface area contributed by atoms with E-state index >= 15 is 0 Å². The Morgan fingerprint density at radius 3 is 2.73 bits per heavy atom. The van der Waals surface area contributed by atoms with Gasteiger partial charge in [0, 0.05) is 5.88 Å². The first kappa shape index (κ1) is 11.2. The maximum atomic E-state index is 11.9. The summed E-state index contributed by atoms with van der Waals surface area (Å²) in [6, 6.07) is 1.73. The van der Waals surface area contributed by atoms with Gasteiger partial charge in [0.2, 0.25) is 0 Å². The van der Waals surface area contributed by atoms with Crippen LogP contribution in [-0.4, -0.2) is 17.3 Å². The zero-order chi connectivity index (χ0) is 10.9. The van der Waals surface area contributed by atoms with E-state index in [1.54, 1.807) is 6.07 Å². The van der Waals surface area contributed by atoms with Crippen LogP contribution in [0.4, 0.5) is 0 Å². The molecule has 15 heavy (non-hydrogen) atoms. The van der Waals surface area contributed by atoms with Crippen molar-refractivity contribution in [3.8, 4) is 0 Å². The smallest absolute Gasteiger partial charge is 0.263 e. The lowest BCUT2D eigenvalue weighted by molar-refractivity contribution is 0.0858. The van der Waals surface area contributed by atoms with Crippen LogP contribution >= 0.6 is 34.5 Å². The Labute approximate surface area is 103 Å². The molecule has 0 unspecified atom stereocenters. The number of hydrogen-bond acceptors (Lipinski definition) is 2. The van der Waals surface area contributed by atoms with Gasteiger partial charge < -0.3 is 5.32 Å². The van der Waals surface area contributed by atoms with Crippen molar-refractivity contribution in [1.29, 1.82) is 0 Å². The molecule has 1 fully saturated rings. The predicted octanol–water partition coefficient (Wildman–Crippen LogP) is 3.29. The number of halogens is 2. The lowest BCUT2D eigenvalue weighted by Gasteiger charge is -2.40. The van der Waals surface area contributed by atoms with Crippen molar-refractivity contribution in [3.05, 3.63) is 21.3 Å². The number of nitrogens with one attached hydrogen (secondary N) is 1. The Hall–Kier alpha value is -0.250. The molecule has 1 aromatic rings. The summed E-state index contributed by atoms with van der Waals surface area (Å²) in [4.78, 5) is 12.4. The van der Waals surface area contributed by atoms with E-state index < -0.39 is 0 Å². The quantitative estimate of drug-likeness (QED) is 0.834. The second-order valence-electron chi connectivity index (χ2n) is 3.82. The fraction of sp³-hybridized carbons (Fsp3) is 0.500. The van der Waals surface area contributed by atoms with Gasteiger partial charge in [-0.3, -0.25) is 4.79 Å². The topological polar surface area (TPSA) is 29.1 Å². The maximum Gasteiger partial charge on any atom is 0.263 e. The second-order valence-corrected chi connectivity index (χ2v) is 5.41. The average Bonchev–Trinajstić information content (AvgIpc) is 2.58. The fourth-order valence-corrected chi connectivity index (χ4v) is 3.02. The molecule has 0 aliphatic heterocycles. The first-order chi connectivity index (χ1) is 7.17. The van der Waals surface area contributed by atoms with Gasteiger partial charge in [0.05, 0.1) is 10.6 Å². The van der Waals surface area contributed by atoms with E-state index in [0.717, 1.165) is 19.3 Å². The SMILES string of the molecule is O=C(NC1(CCl)CCC1)c1sccc1Cl. The van der Waals surface area contributed by atoms with E-state index in [9.17, 15) is 4.79 Å². The molecule has 2 nitrogen and oxygen atoms in total. The molecule has 2 rings (SSSR count). The van der Waals surface area contributed by atoms with Crippen LogP contribution in [0.5, 0.6) is 0 Å². The summed E-state index contributed by atoms with van der Waals surface area (Å²) in [6.45, 7) is 0. The number of rotatable bonds is 3. The average molecular weight is 264 g/mol. The van der Waals surface area contributed by atoms with Gasteiger partial charge in [0.15, 0.2) is 0 Å². The van der Waals surface area contributed by atoms with Gasteiger partial charge in [-0.25, -0.2) is 0 Å². The largest absolute Gasteiger partial charge is 0.345 e. The second kappa shape index (κ2) is 4.32. The summed E-state index contributed by atoms with van der Waals surface area (Å²) < 4.78 is 0. The van der Waals surface area contributed by atoms with E-state index in [4.69, 9.17) is 23.2 Å². The molecule has 1 amide bonds. The van der Waals surface area contributed by atoms with E-state index in [0.29, 0.717) is 15.8 Å². The highest BCUT2D eigenvalue weighted by Gasteiger charge is 2.38. The van der Waals surface area contributed by atoms with Crippen molar-refractivity contribution in [2.24, 2.45) is 0 Å². The summed E-state index contributed by atoms with van der Waals surface area (Å²) in [5.41, 5.74) is -0.189. The molecule has 82 valence electrons. The van der Waals surface area contributed by atoms with Crippen LogP contribution in [0.15, 0.2) is 11.4 Å². The molecule has 5 heteroatoms. The number of hydrogen-bond donors (Lipinski definition) is 1. The summed E-state index contributed by atoms with van der Waals surface area (Å²) in [6.07, 6.45) is 3.06. The normalized spacial score (nSPS) is 18.3. The zero-order valence-electron chi connectivity index (χ0n) is 8.06. The summed E-state index contributed by atoms with van der Waals surface area (Å²) in [5, 5.41) is 5.30. The van der Waals surface area contributed by atoms with Gasteiger partial charge in [0.25, 0.3) is 5.91 Å². The van der Waals surface area contributed by atoms with Crippen molar-refractivity contribution in [1.82, 2.24) is 5.32 Å². The van der Waals surface area contributed by atoms with Gasteiger partial charge in [-0.1, -0.05) is 11.6 Å². The van der Waals surface area contributed by atoms with Crippen LogP contribution in [-0.2, 0) is 0 Å². The number of carbonyl (C=O) groups is 1. The minimum atomic E-state index is -0.189. The molecule has 1 aliphatic rings. The Morgan fingerprint density at radius 1 is 1.60 bits per heavy atom. The molecule has 1 aromatic heterocycles. The first-order valence-electron chi connectivity index (χ1n) is 4.78. The molecular formula is C10H11Cl2NOS. The summed E-state index contributed by atoms with van der Waals surface area (Å²) in [5.74, 6) is 0.372. The van der Waals surface area contributed by atoms with E-state index in [2.05, 4.69) is 5.32 Å². The van der Waals surface area contributed by atoms with Crippen LogP contribution in [0, 0.1) is 0 Å². The lowest BCUT2D eigenvalue weighted by Crippen LogP contribution is -2.54. The minimum Gasteiger partial charge on any atom is -0.345 e. The van der Waals surface area contributed by atoms with Crippen LogP contribution in [0.2, 0.25) is 5.02 Å². The van der Waals surface area contributed by atoms with Crippen molar-refractivity contribution in [3.63, 3.8) is 0 Å². The van der Waals surface area contributed by atoms with Gasteiger partial charge in [-0.15, -0.1) is 22.9 Å². The van der Waals surface area contributed by atoms with Gasteiger partial charge in [0.1, 0.15) is 4.88 Å². The molecule has 0 atom stereocenters. The summed E-state index contributed by atoms with van der Waals surface area (Å²) in [7, 11) is 0. The van der Waals surface area contributed by atoms with Gasteiger partial charge in [-0.05, 0) is 30.7 Å². The predicted molar refractivity (Wildman–Crippen MR) is 64.1 cm³/mol. The van der Waals surface area contributed by atoms with Crippen molar-refractivity contribution < 1.29 is 4.79 Å². The van der Waals surface area contributed by atoms with E-state index in [-0.39, 0.29) is 11.4 Å². The highest BCUT2D eigenvalue weighted by Crippen LogP contribution is 2.34. The first-order valence-corrected chi connectivity index (χ1v) is 6.58. The van der Waals surface area contributed by atoms with Crippen LogP contribution in [0.3, 0.4) is 0 Å². The Morgan fingerprint density at radius 2 is 2.33 bits per heavy atom. The molecular weight excluding hydrogens is 253 g/mol. The fourth-order valence-electron chi connectivity index (χ4n) is 1.65. The van der Waals surface area contributed by atoms with Crippen LogP contribution < -0.4 is 5.32 Å². The maximum absolute atomic E-state index is 11.9. The lowest BCUT2D eigenvalue weighted by atomic mass is 9.78.